The SMILES string of the molecule is CC1(C)O[C@H]2[C@H](CO[Si](C)(C)C(C)(C)C)N=C[C@H]2O1. The molecule has 0 saturated carbocycles. The van der Waals surface area contributed by atoms with Crippen molar-refractivity contribution in [2.75, 3.05) is 6.61 Å². The number of nitrogens with zero attached hydrogens (tertiary/aromatic N) is 1. The molecule has 0 aliphatic carbocycles. The second-order valence-electron chi connectivity index (χ2n) is 7.50. The summed E-state index contributed by atoms with van der Waals surface area (Å²) in [6.45, 7) is 15.8. The summed E-state index contributed by atoms with van der Waals surface area (Å²) in [5, 5.41) is 0.223. The van der Waals surface area contributed by atoms with Crippen LogP contribution in [0.4, 0.5) is 0 Å². The van der Waals surface area contributed by atoms with Crippen LogP contribution in [0.25, 0.3) is 0 Å². The fourth-order valence-electron chi connectivity index (χ4n) is 2.16. The fraction of sp³-hybridized carbons (Fsp3) is 0.929. The van der Waals surface area contributed by atoms with Crippen LogP contribution in [-0.4, -0.2) is 45.2 Å². The molecule has 0 aromatic heterocycles. The summed E-state index contributed by atoms with van der Waals surface area (Å²) in [5.74, 6) is -0.503. The topological polar surface area (TPSA) is 40.0 Å². The van der Waals surface area contributed by atoms with E-state index < -0.39 is 14.1 Å². The molecule has 2 rings (SSSR count). The molecule has 19 heavy (non-hydrogen) atoms. The lowest BCUT2D eigenvalue weighted by atomic mass is 10.1. The summed E-state index contributed by atoms with van der Waals surface area (Å²) in [6, 6.07) is 0.0703. The Morgan fingerprint density at radius 1 is 1.26 bits per heavy atom. The maximum absolute atomic E-state index is 6.24. The first-order chi connectivity index (χ1) is 8.52. The van der Waals surface area contributed by atoms with Gasteiger partial charge in [-0.05, 0) is 32.0 Å². The van der Waals surface area contributed by atoms with E-state index in [4.69, 9.17) is 13.9 Å². The van der Waals surface area contributed by atoms with Crippen molar-refractivity contribution in [1.82, 2.24) is 0 Å². The minimum atomic E-state index is -1.72. The van der Waals surface area contributed by atoms with E-state index in [-0.39, 0.29) is 23.3 Å². The average molecular weight is 285 g/mol. The lowest BCUT2D eigenvalue weighted by molar-refractivity contribution is -0.145. The van der Waals surface area contributed by atoms with E-state index in [1.165, 1.54) is 0 Å². The predicted octanol–water partition coefficient (Wildman–Crippen LogP) is 2.98. The van der Waals surface area contributed by atoms with E-state index in [2.05, 4.69) is 38.9 Å². The Hall–Kier alpha value is -0.233. The molecule has 2 aliphatic rings. The van der Waals surface area contributed by atoms with E-state index in [1.54, 1.807) is 0 Å². The Kier molecular flexibility index (Phi) is 3.71. The van der Waals surface area contributed by atoms with Gasteiger partial charge in [-0.2, -0.15) is 0 Å². The van der Waals surface area contributed by atoms with Gasteiger partial charge in [-0.3, -0.25) is 4.99 Å². The summed E-state index contributed by atoms with van der Waals surface area (Å²) >= 11 is 0. The van der Waals surface area contributed by atoms with Crippen molar-refractivity contribution < 1.29 is 13.9 Å². The summed E-state index contributed by atoms with van der Waals surface area (Å²) in [7, 11) is -1.72. The van der Waals surface area contributed by atoms with Crippen LogP contribution < -0.4 is 0 Å². The average Bonchev–Trinajstić information content (AvgIpc) is 2.68. The third kappa shape index (κ3) is 3.10. The summed E-state index contributed by atoms with van der Waals surface area (Å²) < 4.78 is 18.0. The van der Waals surface area contributed by atoms with Crippen LogP contribution in [0, 0.1) is 0 Å². The van der Waals surface area contributed by atoms with Crippen LogP contribution in [0.3, 0.4) is 0 Å². The van der Waals surface area contributed by atoms with Crippen molar-refractivity contribution in [3.8, 4) is 0 Å². The van der Waals surface area contributed by atoms with Crippen LogP contribution in [0.15, 0.2) is 4.99 Å². The molecular weight excluding hydrogens is 258 g/mol. The number of aliphatic imine (C=N–C) groups is 1. The molecule has 2 heterocycles. The van der Waals surface area contributed by atoms with Gasteiger partial charge in [0.1, 0.15) is 18.2 Å². The van der Waals surface area contributed by atoms with Gasteiger partial charge in [-0.1, -0.05) is 20.8 Å². The molecule has 4 nitrogen and oxygen atoms in total. The van der Waals surface area contributed by atoms with E-state index in [0.717, 1.165) is 0 Å². The van der Waals surface area contributed by atoms with E-state index in [1.807, 2.05) is 20.1 Å². The summed E-state index contributed by atoms with van der Waals surface area (Å²) in [5.41, 5.74) is 0. The molecule has 5 heteroatoms. The van der Waals surface area contributed by atoms with Crippen LogP contribution >= 0.6 is 0 Å². The highest BCUT2D eigenvalue weighted by atomic mass is 28.4. The first-order valence-corrected chi connectivity index (χ1v) is 9.96. The minimum absolute atomic E-state index is 0.0111. The molecule has 2 aliphatic heterocycles. The number of hydrogen-bond acceptors (Lipinski definition) is 4. The predicted molar refractivity (Wildman–Crippen MR) is 79.3 cm³/mol. The first kappa shape index (κ1) is 15.2. The van der Waals surface area contributed by atoms with Crippen LogP contribution in [0.5, 0.6) is 0 Å². The largest absolute Gasteiger partial charge is 0.415 e. The molecule has 0 amide bonds. The van der Waals surface area contributed by atoms with Crippen molar-refractivity contribution >= 4 is 14.5 Å². The zero-order valence-electron chi connectivity index (χ0n) is 13.2. The maximum Gasteiger partial charge on any atom is 0.192 e. The molecule has 0 aromatic carbocycles. The Bertz CT molecular complexity index is 373. The molecule has 0 aromatic rings. The van der Waals surface area contributed by atoms with Crippen molar-refractivity contribution in [2.24, 2.45) is 4.99 Å². The highest BCUT2D eigenvalue weighted by Gasteiger charge is 2.48. The highest BCUT2D eigenvalue weighted by Crippen LogP contribution is 2.38. The first-order valence-electron chi connectivity index (χ1n) is 7.05. The van der Waals surface area contributed by atoms with Gasteiger partial charge in [0.05, 0.1) is 6.61 Å². The van der Waals surface area contributed by atoms with Gasteiger partial charge in [0.15, 0.2) is 14.1 Å². The number of fused-ring (bicyclic) bond motifs is 1. The third-order valence-corrected chi connectivity index (χ3v) is 8.89. The molecule has 1 saturated heterocycles. The van der Waals surface area contributed by atoms with E-state index in [0.29, 0.717) is 6.61 Å². The Morgan fingerprint density at radius 2 is 1.89 bits per heavy atom. The minimum Gasteiger partial charge on any atom is -0.415 e. The molecule has 0 unspecified atom stereocenters. The van der Waals surface area contributed by atoms with E-state index >= 15 is 0 Å². The Balaban J connectivity index is 1.94. The maximum atomic E-state index is 6.24. The van der Waals surface area contributed by atoms with Crippen LogP contribution in [0.1, 0.15) is 34.6 Å². The van der Waals surface area contributed by atoms with Crippen molar-refractivity contribution in [3.05, 3.63) is 0 Å². The van der Waals surface area contributed by atoms with Gasteiger partial charge in [-0.15, -0.1) is 0 Å². The van der Waals surface area contributed by atoms with Gasteiger partial charge in [0, 0.05) is 6.21 Å². The molecule has 0 bridgehead atoms. The smallest absolute Gasteiger partial charge is 0.192 e. The molecule has 0 N–H and O–H groups in total. The van der Waals surface area contributed by atoms with Gasteiger partial charge >= 0.3 is 0 Å². The Morgan fingerprint density at radius 3 is 2.47 bits per heavy atom. The zero-order chi connectivity index (χ0) is 14.5. The normalized spacial score (nSPS) is 33.7. The lowest BCUT2D eigenvalue weighted by Crippen LogP contribution is -2.44. The second-order valence-corrected chi connectivity index (χ2v) is 12.3. The molecule has 110 valence electrons. The van der Waals surface area contributed by atoms with Gasteiger partial charge in [0.2, 0.25) is 0 Å². The molecule has 1 fully saturated rings. The molecule has 3 atom stereocenters. The van der Waals surface area contributed by atoms with Crippen molar-refractivity contribution in [1.29, 1.82) is 0 Å². The number of rotatable bonds is 3. The van der Waals surface area contributed by atoms with Gasteiger partial charge < -0.3 is 13.9 Å². The van der Waals surface area contributed by atoms with Crippen molar-refractivity contribution in [2.45, 2.75) is 76.8 Å². The lowest BCUT2D eigenvalue weighted by Gasteiger charge is -2.37. The van der Waals surface area contributed by atoms with Crippen LogP contribution in [0.2, 0.25) is 18.1 Å². The quantitative estimate of drug-likeness (QED) is 0.748. The highest BCUT2D eigenvalue weighted by molar-refractivity contribution is 6.74. The summed E-state index contributed by atoms with van der Waals surface area (Å²) in [4.78, 5) is 4.49. The number of ether oxygens (including phenoxy) is 2. The van der Waals surface area contributed by atoms with Gasteiger partial charge in [-0.25, -0.2) is 0 Å². The van der Waals surface area contributed by atoms with Crippen molar-refractivity contribution in [3.63, 3.8) is 0 Å². The monoisotopic (exact) mass is 285 g/mol. The van der Waals surface area contributed by atoms with E-state index in [9.17, 15) is 0 Å². The summed E-state index contributed by atoms with van der Waals surface area (Å²) in [6.07, 6.45) is 1.88. The fourth-order valence-corrected chi connectivity index (χ4v) is 3.18. The Labute approximate surface area is 117 Å². The standard InChI is InChI=1S/C14H27NO3Si/c1-13(2,3)19(6,7)16-9-10-12-11(8-15-10)17-14(4,5)18-12/h8,10-12H,9H2,1-7H3/t10-,11+,12-/m0/s1. The van der Waals surface area contributed by atoms with Crippen LogP contribution in [-0.2, 0) is 13.9 Å². The zero-order valence-corrected chi connectivity index (χ0v) is 14.2. The third-order valence-electron chi connectivity index (χ3n) is 4.39. The molecular formula is C14H27NO3Si. The van der Waals surface area contributed by atoms with Gasteiger partial charge in [0.25, 0.3) is 0 Å². The second kappa shape index (κ2) is 4.65. The molecule has 0 radical (unpaired) electrons. The molecule has 0 spiro atoms. The number of hydrogen-bond donors (Lipinski definition) is 0.